The summed E-state index contributed by atoms with van der Waals surface area (Å²) in [6.07, 6.45) is 1.23. The third-order valence-electron chi connectivity index (χ3n) is 4.53. The lowest BCUT2D eigenvalue weighted by Crippen LogP contribution is -2.44. The van der Waals surface area contributed by atoms with Gasteiger partial charge in [-0.2, -0.15) is 0 Å². The Morgan fingerprint density at radius 2 is 1.67 bits per heavy atom. The van der Waals surface area contributed by atoms with Crippen LogP contribution in [0.4, 0.5) is 0 Å². The monoisotopic (exact) mass is 280 g/mol. The smallest absolute Gasteiger partial charge is 0.0509 e. The zero-order valence-corrected chi connectivity index (χ0v) is 12.7. The van der Waals surface area contributed by atoms with Gasteiger partial charge in [0.1, 0.15) is 0 Å². The second-order valence-corrected chi connectivity index (χ2v) is 6.41. The number of benzene rings is 2. The van der Waals surface area contributed by atoms with Gasteiger partial charge < -0.3 is 10.6 Å². The van der Waals surface area contributed by atoms with Crippen molar-refractivity contribution in [2.24, 2.45) is 5.73 Å². The lowest BCUT2D eigenvalue weighted by molar-refractivity contribution is 0.258. The van der Waals surface area contributed by atoms with Crippen molar-refractivity contribution in [3.05, 3.63) is 71.8 Å². The van der Waals surface area contributed by atoms with Crippen LogP contribution in [-0.4, -0.2) is 24.5 Å². The van der Waals surface area contributed by atoms with Crippen LogP contribution in [0.5, 0.6) is 0 Å². The minimum atomic E-state index is -0.285. The molecule has 0 bridgehead atoms. The molecule has 0 amide bonds. The van der Waals surface area contributed by atoms with Gasteiger partial charge >= 0.3 is 0 Å². The Morgan fingerprint density at radius 3 is 2.33 bits per heavy atom. The van der Waals surface area contributed by atoms with Crippen LogP contribution in [0.15, 0.2) is 60.7 Å². The Morgan fingerprint density at radius 1 is 1.05 bits per heavy atom. The van der Waals surface area contributed by atoms with E-state index in [1.807, 2.05) is 6.07 Å². The highest BCUT2D eigenvalue weighted by Gasteiger charge is 2.30. The van der Waals surface area contributed by atoms with Crippen LogP contribution in [0.25, 0.3) is 0 Å². The van der Waals surface area contributed by atoms with Crippen molar-refractivity contribution in [1.82, 2.24) is 4.90 Å². The van der Waals surface area contributed by atoms with Crippen LogP contribution in [-0.2, 0) is 5.54 Å². The molecule has 0 spiro atoms. The van der Waals surface area contributed by atoms with E-state index in [2.05, 4.69) is 66.4 Å². The molecule has 1 fully saturated rings. The summed E-state index contributed by atoms with van der Waals surface area (Å²) in [5, 5.41) is 0. The van der Waals surface area contributed by atoms with E-state index in [1.54, 1.807) is 0 Å². The minimum absolute atomic E-state index is 0.285. The van der Waals surface area contributed by atoms with Crippen molar-refractivity contribution in [2.75, 3.05) is 19.6 Å². The highest BCUT2D eigenvalue weighted by atomic mass is 15.2. The zero-order chi connectivity index (χ0) is 14.7. The standard InChI is InChI=1S/C19H24N2/c1-19(20,18-10-6-3-7-11-18)15-21-13-12-17(14-21)16-8-4-2-5-9-16/h2-11,17H,12-15,20H2,1H3. The molecule has 1 aliphatic rings. The molecule has 2 unspecified atom stereocenters. The topological polar surface area (TPSA) is 29.3 Å². The largest absolute Gasteiger partial charge is 0.321 e. The normalized spacial score (nSPS) is 22.1. The van der Waals surface area contributed by atoms with E-state index in [0.717, 1.165) is 19.6 Å². The first kappa shape index (κ1) is 14.3. The van der Waals surface area contributed by atoms with Crippen molar-refractivity contribution in [2.45, 2.75) is 24.8 Å². The first-order chi connectivity index (χ1) is 10.1. The predicted octanol–water partition coefficient (Wildman–Crippen LogP) is 3.35. The molecule has 1 aliphatic heterocycles. The van der Waals surface area contributed by atoms with Crippen LogP contribution in [0.3, 0.4) is 0 Å². The molecule has 0 saturated carbocycles. The number of nitrogens with two attached hydrogens (primary N) is 1. The summed E-state index contributed by atoms with van der Waals surface area (Å²) < 4.78 is 0. The number of likely N-dealkylation sites (tertiary alicyclic amines) is 1. The first-order valence-corrected chi connectivity index (χ1v) is 7.77. The highest BCUT2D eigenvalue weighted by molar-refractivity contribution is 5.24. The lowest BCUT2D eigenvalue weighted by Gasteiger charge is -2.30. The van der Waals surface area contributed by atoms with E-state index < -0.39 is 0 Å². The van der Waals surface area contributed by atoms with Gasteiger partial charge in [-0.25, -0.2) is 0 Å². The Hall–Kier alpha value is -1.64. The van der Waals surface area contributed by atoms with Crippen LogP contribution < -0.4 is 5.73 Å². The molecule has 2 nitrogen and oxygen atoms in total. The Balaban J connectivity index is 1.65. The second kappa shape index (κ2) is 6.00. The summed E-state index contributed by atoms with van der Waals surface area (Å²) in [6, 6.07) is 21.3. The zero-order valence-electron chi connectivity index (χ0n) is 12.7. The van der Waals surface area contributed by atoms with E-state index in [0.29, 0.717) is 5.92 Å². The summed E-state index contributed by atoms with van der Waals surface area (Å²) in [6.45, 7) is 5.31. The Bertz CT molecular complexity index is 563. The quantitative estimate of drug-likeness (QED) is 0.930. The predicted molar refractivity (Wildman–Crippen MR) is 88.2 cm³/mol. The molecule has 110 valence electrons. The lowest BCUT2D eigenvalue weighted by atomic mass is 9.92. The molecule has 2 atom stereocenters. The van der Waals surface area contributed by atoms with E-state index in [4.69, 9.17) is 5.73 Å². The molecule has 21 heavy (non-hydrogen) atoms. The highest BCUT2D eigenvalue weighted by Crippen LogP contribution is 2.29. The van der Waals surface area contributed by atoms with Gasteiger partial charge in [-0.1, -0.05) is 60.7 Å². The summed E-state index contributed by atoms with van der Waals surface area (Å²) in [7, 11) is 0. The van der Waals surface area contributed by atoms with Gasteiger partial charge in [0.15, 0.2) is 0 Å². The summed E-state index contributed by atoms with van der Waals surface area (Å²) >= 11 is 0. The fourth-order valence-corrected chi connectivity index (χ4v) is 3.35. The molecule has 2 N–H and O–H groups in total. The van der Waals surface area contributed by atoms with Gasteiger partial charge in [-0.15, -0.1) is 0 Å². The molecule has 2 aromatic carbocycles. The second-order valence-electron chi connectivity index (χ2n) is 6.41. The first-order valence-electron chi connectivity index (χ1n) is 7.77. The Labute approximate surface area is 127 Å². The maximum absolute atomic E-state index is 6.56. The van der Waals surface area contributed by atoms with Gasteiger partial charge in [0.25, 0.3) is 0 Å². The third-order valence-corrected chi connectivity index (χ3v) is 4.53. The molecule has 1 saturated heterocycles. The molecule has 0 aromatic heterocycles. The molecule has 1 heterocycles. The minimum Gasteiger partial charge on any atom is -0.321 e. The SMILES string of the molecule is CC(N)(CN1CCC(c2ccccc2)C1)c1ccccc1. The fraction of sp³-hybridized carbons (Fsp3) is 0.368. The number of rotatable bonds is 4. The average Bonchev–Trinajstić information content (AvgIpc) is 2.97. The third kappa shape index (κ3) is 3.34. The van der Waals surface area contributed by atoms with Gasteiger partial charge in [0.05, 0.1) is 5.54 Å². The summed E-state index contributed by atoms with van der Waals surface area (Å²) in [5.41, 5.74) is 8.95. The summed E-state index contributed by atoms with van der Waals surface area (Å²) in [5.74, 6) is 0.651. The van der Waals surface area contributed by atoms with Crippen molar-refractivity contribution in [3.8, 4) is 0 Å². The molecule has 2 heteroatoms. The molecule has 0 aliphatic carbocycles. The molecular formula is C19H24N2. The van der Waals surface area contributed by atoms with Gasteiger partial charge in [-0.05, 0) is 36.9 Å². The maximum atomic E-state index is 6.56. The van der Waals surface area contributed by atoms with Crippen molar-refractivity contribution < 1.29 is 0 Å². The van der Waals surface area contributed by atoms with Crippen LogP contribution >= 0.6 is 0 Å². The average molecular weight is 280 g/mol. The molecule has 0 radical (unpaired) electrons. The number of hydrogen-bond donors (Lipinski definition) is 1. The van der Waals surface area contributed by atoms with E-state index >= 15 is 0 Å². The van der Waals surface area contributed by atoms with Crippen molar-refractivity contribution >= 4 is 0 Å². The Kier molecular flexibility index (Phi) is 4.09. The fourth-order valence-electron chi connectivity index (χ4n) is 3.35. The van der Waals surface area contributed by atoms with Gasteiger partial charge in [0.2, 0.25) is 0 Å². The summed E-state index contributed by atoms with van der Waals surface area (Å²) in [4.78, 5) is 2.50. The van der Waals surface area contributed by atoms with E-state index in [9.17, 15) is 0 Å². The van der Waals surface area contributed by atoms with Gasteiger partial charge in [-0.3, -0.25) is 0 Å². The van der Waals surface area contributed by atoms with Crippen LogP contribution in [0.2, 0.25) is 0 Å². The van der Waals surface area contributed by atoms with Gasteiger partial charge in [0, 0.05) is 13.1 Å². The molecule has 2 aromatic rings. The van der Waals surface area contributed by atoms with E-state index in [-0.39, 0.29) is 5.54 Å². The van der Waals surface area contributed by atoms with E-state index in [1.165, 1.54) is 17.5 Å². The van der Waals surface area contributed by atoms with Crippen molar-refractivity contribution in [1.29, 1.82) is 0 Å². The van der Waals surface area contributed by atoms with Crippen LogP contribution in [0.1, 0.15) is 30.4 Å². The molecule has 3 rings (SSSR count). The maximum Gasteiger partial charge on any atom is 0.0509 e. The number of hydrogen-bond acceptors (Lipinski definition) is 2. The van der Waals surface area contributed by atoms with Crippen LogP contribution in [0, 0.1) is 0 Å². The number of nitrogens with zero attached hydrogens (tertiary/aromatic N) is 1. The molecular weight excluding hydrogens is 256 g/mol. The van der Waals surface area contributed by atoms with Crippen molar-refractivity contribution in [3.63, 3.8) is 0 Å².